The number of likely N-dealkylation sites (tertiary alicyclic amines) is 1. The first kappa shape index (κ1) is 21.8. The lowest BCUT2D eigenvalue weighted by atomic mass is 9.94. The van der Waals surface area contributed by atoms with Gasteiger partial charge in [0.15, 0.2) is 0 Å². The number of hydrogen-bond donors (Lipinski definition) is 1. The largest absolute Gasteiger partial charge is 0.338 e. The van der Waals surface area contributed by atoms with Crippen LogP contribution in [-0.4, -0.2) is 34.8 Å². The predicted octanol–water partition coefficient (Wildman–Crippen LogP) is 4.67. The minimum Gasteiger partial charge on any atom is -0.338 e. The number of anilines is 1. The van der Waals surface area contributed by atoms with E-state index in [2.05, 4.69) is 22.4 Å². The first-order valence-electron chi connectivity index (χ1n) is 11.3. The van der Waals surface area contributed by atoms with Crippen LogP contribution in [0.3, 0.4) is 0 Å². The number of benzene rings is 2. The van der Waals surface area contributed by atoms with Gasteiger partial charge in [0.25, 0.3) is 5.91 Å². The molecule has 2 heterocycles. The van der Waals surface area contributed by atoms with Gasteiger partial charge in [-0.1, -0.05) is 54.6 Å². The third-order valence-corrected chi connectivity index (χ3v) is 6.10. The first-order chi connectivity index (χ1) is 15.6. The van der Waals surface area contributed by atoms with Crippen LogP contribution in [-0.2, 0) is 17.6 Å². The molecule has 1 aliphatic heterocycles. The highest BCUT2D eigenvalue weighted by Gasteiger charge is 2.30. The minimum absolute atomic E-state index is 0.0141. The number of nitrogens with one attached hydrogen (secondary N) is 1. The van der Waals surface area contributed by atoms with Crippen LogP contribution in [0.25, 0.3) is 0 Å². The number of aryl methyl sites for hydroxylation is 3. The maximum atomic E-state index is 13.4. The van der Waals surface area contributed by atoms with Gasteiger partial charge >= 0.3 is 0 Å². The Bertz CT molecular complexity index is 1080. The van der Waals surface area contributed by atoms with Crippen LogP contribution in [0.4, 0.5) is 5.82 Å². The second kappa shape index (κ2) is 10.2. The second-order valence-electron chi connectivity index (χ2n) is 8.39. The molecular weight excluding hydrogens is 398 g/mol. The molecule has 5 nitrogen and oxygen atoms in total. The monoisotopic (exact) mass is 427 g/mol. The molecule has 0 spiro atoms. The molecule has 0 aliphatic carbocycles. The summed E-state index contributed by atoms with van der Waals surface area (Å²) in [5, 5.41) is 2.94. The van der Waals surface area contributed by atoms with Crippen molar-refractivity contribution in [2.75, 3.05) is 18.4 Å². The van der Waals surface area contributed by atoms with Gasteiger partial charge in [-0.25, -0.2) is 4.98 Å². The van der Waals surface area contributed by atoms with E-state index in [-0.39, 0.29) is 17.7 Å². The topological polar surface area (TPSA) is 62.3 Å². The Morgan fingerprint density at radius 1 is 1.00 bits per heavy atom. The molecule has 32 heavy (non-hydrogen) atoms. The SMILES string of the molecule is Cc1cccnc1NC(=O)C1CCCN(C(=O)c2ccccc2CCc2ccccc2)C1. The number of pyridine rings is 1. The molecule has 0 radical (unpaired) electrons. The van der Waals surface area contributed by atoms with Crippen molar-refractivity contribution in [3.05, 3.63) is 95.2 Å². The molecule has 2 amide bonds. The van der Waals surface area contributed by atoms with Gasteiger partial charge < -0.3 is 10.2 Å². The molecule has 1 fully saturated rings. The van der Waals surface area contributed by atoms with Gasteiger partial charge in [0.2, 0.25) is 5.91 Å². The highest BCUT2D eigenvalue weighted by Crippen LogP contribution is 2.23. The molecule has 1 unspecified atom stereocenters. The van der Waals surface area contributed by atoms with E-state index < -0.39 is 0 Å². The van der Waals surface area contributed by atoms with Crippen LogP contribution < -0.4 is 5.32 Å². The fourth-order valence-electron chi connectivity index (χ4n) is 4.25. The van der Waals surface area contributed by atoms with Crippen molar-refractivity contribution >= 4 is 17.6 Å². The Morgan fingerprint density at radius 3 is 2.59 bits per heavy atom. The molecular formula is C27H29N3O2. The molecule has 1 aromatic heterocycles. The lowest BCUT2D eigenvalue weighted by Gasteiger charge is -2.32. The van der Waals surface area contributed by atoms with Gasteiger partial charge in [0.05, 0.1) is 5.92 Å². The number of carbonyl (C=O) groups excluding carboxylic acids is 2. The van der Waals surface area contributed by atoms with E-state index >= 15 is 0 Å². The Kier molecular flexibility index (Phi) is 6.95. The number of amides is 2. The maximum absolute atomic E-state index is 13.4. The van der Waals surface area contributed by atoms with E-state index in [1.54, 1.807) is 6.20 Å². The van der Waals surface area contributed by atoms with Crippen molar-refractivity contribution < 1.29 is 9.59 Å². The molecule has 164 valence electrons. The van der Waals surface area contributed by atoms with Crippen LogP contribution in [0.15, 0.2) is 72.9 Å². The molecule has 1 aliphatic rings. The standard InChI is InChI=1S/C27H29N3O2/c1-20-9-7-17-28-25(20)29-26(31)23-13-8-18-30(19-23)27(32)24-14-6-5-12-22(24)16-15-21-10-3-2-4-11-21/h2-7,9-12,14,17,23H,8,13,15-16,18-19H2,1H3,(H,28,29,31). The Morgan fingerprint density at radius 2 is 1.78 bits per heavy atom. The zero-order valence-electron chi connectivity index (χ0n) is 18.5. The molecule has 0 bridgehead atoms. The maximum Gasteiger partial charge on any atom is 0.254 e. The van der Waals surface area contributed by atoms with Crippen molar-refractivity contribution in [1.82, 2.24) is 9.88 Å². The molecule has 1 N–H and O–H groups in total. The normalized spacial score (nSPS) is 15.9. The van der Waals surface area contributed by atoms with Gasteiger partial charge in [0.1, 0.15) is 5.82 Å². The fourth-order valence-corrected chi connectivity index (χ4v) is 4.25. The van der Waals surface area contributed by atoms with Crippen molar-refractivity contribution in [3.8, 4) is 0 Å². The van der Waals surface area contributed by atoms with Gasteiger partial charge in [-0.05, 0) is 61.4 Å². The summed E-state index contributed by atoms with van der Waals surface area (Å²) in [6.07, 6.45) is 4.96. The number of rotatable bonds is 6. The second-order valence-corrected chi connectivity index (χ2v) is 8.39. The van der Waals surface area contributed by atoms with Gasteiger partial charge in [-0.3, -0.25) is 9.59 Å². The summed E-state index contributed by atoms with van der Waals surface area (Å²) in [4.78, 5) is 32.3. The number of carbonyl (C=O) groups is 2. The number of hydrogen-bond acceptors (Lipinski definition) is 3. The Labute approximate surface area is 189 Å². The van der Waals surface area contributed by atoms with Crippen LogP contribution in [0.5, 0.6) is 0 Å². The van der Waals surface area contributed by atoms with Gasteiger partial charge in [0, 0.05) is 24.8 Å². The van der Waals surface area contributed by atoms with Crippen LogP contribution in [0.2, 0.25) is 0 Å². The van der Waals surface area contributed by atoms with E-state index in [1.807, 2.05) is 66.4 Å². The summed E-state index contributed by atoms with van der Waals surface area (Å²) >= 11 is 0. The number of nitrogens with zero attached hydrogens (tertiary/aromatic N) is 2. The lowest BCUT2D eigenvalue weighted by Crippen LogP contribution is -2.44. The molecule has 1 atom stereocenters. The quantitative estimate of drug-likeness (QED) is 0.622. The van der Waals surface area contributed by atoms with Crippen LogP contribution in [0, 0.1) is 12.8 Å². The first-order valence-corrected chi connectivity index (χ1v) is 11.3. The van der Waals surface area contributed by atoms with E-state index in [9.17, 15) is 9.59 Å². The zero-order chi connectivity index (χ0) is 22.3. The van der Waals surface area contributed by atoms with E-state index in [1.165, 1.54) is 5.56 Å². The van der Waals surface area contributed by atoms with Crippen molar-refractivity contribution in [3.63, 3.8) is 0 Å². The number of piperidine rings is 1. The highest BCUT2D eigenvalue weighted by atomic mass is 16.2. The summed E-state index contributed by atoms with van der Waals surface area (Å²) in [7, 11) is 0. The predicted molar refractivity (Wildman–Crippen MR) is 127 cm³/mol. The Hall–Kier alpha value is -3.47. The molecule has 3 aromatic rings. The van der Waals surface area contributed by atoms with E-state index in [0.29, 0.717) is 18.9 Å². The molecule has 1 saturated heterocycles. The fraction of sp³-hybridized carbons (Fsp3) is 0.296. The number of aromatic nitrogens is 1. The van der Waals surface area contributed by atoms with Crippen molar-refractivity contribution in [2.45, 2.75) is 32.6 Å². The summed E-state index contributed by atoms with van der Waals surface area (Å²) in [6, 6.07) is 21.9. The summed E-state index contributed by atoms with van der Waals surface area (Å²) in [5.41, 5.74) is 3.98. The molecule has 2 aromatic carbocycles. The zero-order valence-corrected chi connectivity index (χ0v) is 18.5. The Balaban J connectivity index is 1.43. The molecule has 5 heteroatoms. The van der Waals surface area contributed by atoms with Crippen molar-refractivity contribution in [1.29, 1.82) is 0 Å². The van der Waals surface area contributed by atoms with Gasteiger partial charge in [-0.15, -0.1) is 0 Å². The smallest absolute Gasteiger partial charge is 0.254 e. The third kappa shape index (κ3) is 5.22. The van der Waals surface area contributed by atoms with E-state index in [4.69, 9.17) is 0 Å². The highest BCUT2D eigenvalue weighted by molar-refractivity contribution is 5.97. The summed E-state index contributed by atoms with van der Waals surface area (Å²) in [5.74, 6) is 0.305. The molecule has 4 rings (SSSR count). The van der Waals surface area contributed by atoms with Crippen LogP contribution >= 0.6 is 0 Å². The summed E-state index contributed by atoms with van der Waals surface area (Å²) < 4.78 is 0. The van der Waals surface area contributed by atoms with Gasteiger partial charge in [-0.2, -0.15) is 0 Å². The van der Waals surface area contributed by atoms with Crippen LogP contribution in [0.1, 0.15) is 39.9 Å². The minimum atomic E-state index is -0.231. The average molecular weight is 428 g/mol. The lowest BCUT2D eigenvalue weighted by molar-refractivity contribution is -0.121. The summed E-state index contributed by atoms with van der Waals surface area (Å²) in [6.45, 7) is 3.04. The van der Waals surface area contributed by atoms with E-state index in [0.717, 1.165) is 42.4 Å². The molecule has 0 saturated carbocycles. The third-order valence-electron chi connectivity index (χ3n) is 6.10. The van der Waals surface area contributed by atoms with Crippen molar-refractivity contribution in [2.24, 2.45) is 5.92 Å². The average Bonchev–Trinajstić information content (AvgIpc) is 2.84.